The van der Waals surface area contributed by atoms with E-state index in [0.29, 0.717) is 5.56 Å². The molecular weight excluding hydrogens is 256 g/mol. The first kappa shape index (κ1) is 13.5. The highest BCUT2D eigenvalue weighted by Crippen LogP contribution is 2.28. The zero-order chi connectivity index (χ0) is 15.0. The van der Waals surface area contributed by atoms with E-state index < -0.39 is 0 Å². The van der Waals surface area contributed by atoms with E-state index in [0.717, 1.165) is 16.8 Å². The minimum atomic E-state index is 0.150. The van der Waals surface area contributed by atoms with Crippen molar-refractivity contribution < 1.29 is 0 Å². The number of hydrogen-bond donors (Lipinski definition) is 0. The molecule has 0 radical (unpaired) electrons. The van der Waals surface area contributed by atoms with Crippen LogP contribution >= 0.6 is 0 Å². The normalized spacial score (nSPS) is 11.5. The van der Waals surface area contributed by atoms with Crippen molar-refractivity contribution in [3.05, 3.63) is 65.9 Å². The number of nitriles is 1. The van der Waals surface area contributed by atoms with Crippen LogP contribution in [0.25, 0.3) is 16.8 Å². The third-order valence-electron chi connectivity index (χ3n) is 3.84. The van der Waals surface area contributed by atoms with Crippen molar-refractivity contribution in [3.8, 4) is 17.3 Å². The maximum absolute atomic E-state index is 9.28. The Morgan fingerprint density at radius 1 is 1.00 bits per heavy atom. The molecule has 0 bridgehead atoms. The van der Waals surface area contributed by atoms with Gasteiger partial charge in [0.15, 0.2) is 0 Å². The van der Waals surface area contributed by atoms with Crippen LogP contribution < -0.4 is 0 Å². The van der Waals surface area contributed by atoms with E-state index in [1.807, 2.05) is 30.5 Å². The van der Waals surface area contributed by atoms with Crippen LogP contribution in [-0.2, 0) is 5.41 Å². The molecule has 2 heteroatoms. The van der Waals surface area contributed by atoms with Gasteiger partial charge in [0.05, 0.1) is 16.8 Å². The summed E-state index contributed by atoms with van der Waals surface area (Å²) in [6.45, 7) is 6.63. The summed E-state index contributed by atoms with van der Waals surface area (Å²) in [7, 11) is 0. The highest BCUT2D eigenvalue weighted by Gasteiger charge is 2.14. The van der Waals surface area contributed by atoms with E-state index in [1.54, 1.807) is 0 Å². The first-order chi connectivity index (χ1) is 10.0. The van der Waals surface area contributed by atoms with Crippen molar-refractivity contribution >= 4 is 5.52 Å². The quantitative estimate of drug-likeness (QED) is 0.628. The molecule has 0 saturated heterocycles. The number of nitrogens with zero attached hydrogens (tertiary/aromatic N) is 2. The first-order valence-corrected chi connectivity index (χ1v) is 7.12. The standard InChI is InChI=1S/C19H18N2/c1-19(2,3)16-9-7-14(8-10-16)18-12-15(13-20)17-6-4-5-11-21(17)18/h4-12H,1-3H3. The molecule has 3 rings (SSSR count). The fraction of sp³-hybridized carbons (Fsp3) is 0.211. The molecular formula is C19H18N2. The fourth-order valence-electron chi connectivity index (χ4n) is 2.61. The van der Waals surface area contributed by atoms with Gasteiger partial charge in [-0.3, -0.25) is 0 Å². The van der Waals surface area contributed by atoms with E-state index >= 15 is 0 Å². The van der Waals surface area contributed by atoms with E-state index in [-0.39, 0.29) is 5.41 Å². The van der Waals surface area contributed by atoms with Gasteiger partial charge < -0.3 is 4.40 Å². The Morgan fingerprint density at radius 3 is 2.33 bits per heavy atom. The molecule has 21 heavy (non-hydrogen) atoms. The molecule has 0 unspecified atom stereocenters. The van der Waals surface area contributed by atoms with Crippen molar-refractivity contribution in [2.75, 3.05) is 0 Å². The van der Waals surface area contributed by atoms with Gasteiger partial charge in [0.1, 0.15) is 6.07 Å². The van der Waals surface area contributed by atoms with Gasteiger partial charge in [-0.2, -0.15) is 5.26 Å². The summed E-state index contributed by atoms with van der Waals surface area (Å²) < 4.78 is 2.07. The molecule has 0 atom stereocenters. The van der Waals surface area contributed by atoms with E-state index in [2.05, 4.69) is 55.5 Å². The summed E-state index contributed by atoms with van der Waals surface area (Å²) in [5.41, 5.74) is 5.32. The maximum Gasteiger partial charge on any atom is 0.101 e. The Morgan fingerprint density at radius 2 is 1.71 bits per heavy atom. The summed E-state index contributed by atoms with van der Waals surface area (Å²) in [5, 5.41) is 9.28. The average molecular weight is 274 g/mol. The monoisotopic (exact) mass is 274 g/mol. The van der Waals surface area contributed by atoms with Crippen molar-refractivity contribution in [1.82, 2.24) is 4.40 Å². The number of fused-ring (bicyclic) bond motifs is 1. The summed E-state index contributed by atoms with van der Waals surface area (Å²) >= 11 is 0. The molecule has 2 aromatic heterocycles. The van der Waals surface area contributed by atoms with Crippen LogP contribution in [0.2, 0.25) is 0 Å². The third-order valence-corrected chi connectivity index (χ3v) is 3.84. The molecule has 0 spiro atoms. The Labute approximate surface area is 125 Å². The lowest BCUT2D eigenvalue weighted by Gasteiger charge is -2.19. The zero-order valence-corrected chi connectivity index (χ0v) is 12.6. The molecule has 0 saturated carbocycles. The van der Waals surface area contributed by atoms with Gasteiger partial charge in [0.2, 0.25) is 0 Å². The molecule has 0 aliphatic heterocycles. The summed E-state index contributed by atoms with van der Waals surface area (Å²) in [4.78, 5) is 0. The van der Waals surface area contributed by atoms with Crippen molar-refractivity contribution in [2.24, 2.45) is 0 Å². The van der Waals surface area contributed by atoms with Gasteiger partial charge in [-0.05, 0) is 34.7 Å². The van der Waals surface area contributed by atoms with Gasteiger partial charge in [-0.15, -0.1) is 0 Å². The van der Waals surface area contributed by atoms with Crippen LogP contribution in [0.4, 0.5) is 0 Å². The molecule has 0 aliphatic rings. The van der Waals surface area contributed by atoms with Crippen molar-refractivity contribution in [1.29, 1.82) is 5.26 Å². The number of aromatic nitrogens is 1. The summed E-state index contributed by atoms with van der Waals surface area (Å²) in [6, 6.07) is 18.8. The molecule has 0 aliphatic carbocycles. The zero-order valence-electron chi connectivity index (χ0n) is 12.6. The van der Waals surface area contributed by atoms with Gasteiger partial charge in [0, 0.05) is 6.20 Å². The van der Waals surface area contributed by atoms with Crippen LogP contribution in [0, 0.1) is 11.3 Å². The minimum absolute atomic E-state index is 0.150. The second kappa shape index (κ2) is 4.79. The SMILES string of the molecule is CC(C)(C)c1ccc(-c2cc(C#N)c3ccccn23)cc1. The lowest BCUT2D eigenvalue weighted by molar-refractivity contribution is 0.590. The predicted molar refractivity (Wildman–Crippen MR) is 86.2 cm³/mol. The molecule has 3 aromatic rings. The fourth-order valence-corrected chi connectivity index (χ4v) is 2.61. The highest BCUT2D eigenvalue weighted by atomic mass is 14.9. The van der Waals surface area contributed by atoms with Crippen LogP contribution in [-0.4, -0.2) is 4.40 Å². The topological polar surface area (TPSA) is 28.2 Å². The van der Waals surface area contributed by atoms with Crippen LogP contribution in [0.1, 0.15) is 31.9 Å². The number of benzene rings is 1. The Kier molecular flexibility index (Phi) is 3.07. The molecule has 0 amide bonds. The molecule has 2 heterocycles. The third kappa shape index (κ3) is 2.32. The molecule has 0 fully saturated rings. The largest absolute Gasteiger partial charge is 0.315 e. The molecule has 1 aromatic carbocycles. The van der Waals surface area contributed by atoms with Gasteiger partial charge in [0.25, 0.3) is 0 Å². The van der Waals surface area contributed by atoms with Crippen LogP contribution in [0.3, 0.4) is 0 Å². The smallest absolute Gasteiger partial charge is 0.101 e. The van der Waals surface area contributed by atoms with E-state index in [9.17, 15) is 5.26 Å². The number of hydrogen-bond acceptors (Lipinski definition) is 1. The predicted octanol–water partition coefficient (Wildman–Crippen LogP) is 4.78. The Hall–Kier alpha value is -2.53. The highest BCUT2D eigenvalue weighted by molar-refractivity contribution is 5.74. The van der Waals surface area contributed by atoms with E-state index in [1.165, 1.54) is 5.56 Å². The number of pyridine rings is 1. The van der Waals surface area contributed by atoms with Gasteiger partial charge in [-0.1, -0.05) is 51.1 Å². The Bertz CT molecular complexity index is 825. The first-order valence-electron chi connectivity index (χ1n) is 7.12. The van der Waals surface area contributed by atoms with Crippen molar-refractivity contribution in [2.45, 2.75) is 26.2 Å². The molecule has 0 N–H and O–H groups in total. The molecule has 2 nitrogen and oxygen atoms in total. The van der Waals surface area contributed by atoms with Gasteiger partial charge >= 0.3 is 0 Å². The van der Waals surface area contributed by atoms with Crippen molar-refractivity contribution in [3.63, 3.8) is 0 Å². The minimum Gasteiger partial charge on any atom is -0.315 e. The molecule has 104 valence electrons. The average Bonchev–Trinajstić information content (AvgIpc) is 2.85. The summed E-state index contributed by atoms with van der Waals surface area (Å²) in [5.74, 6) is 0. The Balaban J connectivity index is 2.15. The second-order valence-electron chi connectivity index (χ2n) is 6.34. The lowest BCUT2D eigenvalue weighted by atomic mass is 9.86. The van der Waals surface area contributed by atoms with E-state index in [4.69, 9.17) is 0 Å². The maximum atomic E-state index is 9.28. The lowest BCUT2D eigenvalue weighted by Crippen LogP contribution is -2.10. The number of rotatable bonds is 1. The van der Waals surface area contributed by atoms with Crippen LogP contribution in [0.5, 0.6) is 0 Å². The second-order valence-corrected chi connectivity index (χ2v) is 6.34. The van der Waals surface area contributed by atoms with Gasteiger partial charge in [-0.25, -0.2) is 0 Å². The summed E-state index contributed by atoms with van der Waals surface area (Å²) in [6.07, 6.45) is 2.00. The van der Waals surface area contributed by atoms with Crippen LogP contribution in [0.15, 0.2) is 54.7 Å².